The van der Waals surface area contributed by atoms with Crippen LogP contribution in [0.5, 0.6) is 28.7 Å². The molecule has 0 radical (unpaired) electrons. The number of rotatable bonds is 6. The number of methoxy groups -OCH3 is 1. The van der Waals surface area contributed by atoms with Gasteiger partial charge < -0.3 is 24.4 Å². The molecule has 5 nitrogen and oxygen atoms in total. The molecule has 2 unspecified atom stereocenters. The topological polar surface area (TPSA) is 68.2 Å². The zero-order chi connectivity index (χ0) is 22.1. The first-order valence-corrected chi connectivity index (χ1v) is 10.7. The quantitative estimate of drug-likeness (QED) is 0.563. The molecule has 0 saturated heterocycles. The Morgan fingerprint density at radius 2 is 1.97 bits per heavy atom. The highest BCUT2D eigenvalue weighted by molar-refractivity contribution is 5.62. The molecule has 5 heteroatoms. The molecule has 0 fully saturated rings. The lowest BCUT2D eigenvalue weighted by Crippen LogP contribution is -2.24. The lowest BCUT2D eigenvalue weighted by molar-refractivity contribution is 0.134. The molecular formula is C26H30O5. The number of phenols is 2. The lowest BCUT2D eigenvalue weighted by Gasteiger charge is -2.31. The second-order valence-corrected chi connectivity index (χ2v) is 8.57. The van der Waals surface area contributed by atoms with Crippen molar-refractivity contribution >= 4 is 0 Å². The maximum Gasteiger partial charge on any atom is 0.141 e. The molecule has 2 aromatic carbocycles. The molecule has 0 aromatic heterocycles. The van der Waals surface area contributed by atoms with Crippen molar-refractivity contribution < 1.29 is 24.4 Å². The number of benzene rings is 2. The molecule has 2 N–H and O–H groups in total. The third kappa shape index (κ3) is 4.09. The van der Waals surface area contributed by atoms with E-state index in [1.807, 2.05) is 6.07 Å². The van der Waals surface area contributed by atoms with Gasteiger partial charge in [-0.1, -0.05) is 29.4 Å². The van der Waals surface area contributed by atoms with Gasteiger partial charge in [-0.2, -0.15) is 0 Å². The van der Waals surface area contributed by atoms with E-state index in [4.69, 9.17) is 14.2 Å². The highest BCUT2D eigenvalue weighted by atomic mass is 16.5. The van der Waals surface area contributed by atoms with Crippen molar-refractivity contribution in [2.45, 2.75) is 52.1 Å². The molecule has 2 aromatic rings. The molecule has 164 valence electrons. The Hall–Kier alpha value is -3.08. The van der Waals surface area contributed by atoms with Crippen LogP contribution in [0.25, 0.3) is 0 Å². The van der Waals surface area contributed by atoms with Gasteiger partial charge in [-0.05, 0) is 46.1 Å². The number of hydrogen-bond donors (Lipinski definition) is 2. The van der Waals surface area contributed by atoms with Crippen LogP contribution >= 0.6 is 0 Å². The van der Waals surface area contributed by atoms with Gasteiger partial charge in [0.05, 0.1) is 25.2 Å². The minimum absolute atomic E-state index is 0.00995. The molecule has 0 saturated carbocycles. The first kappa shape index (κ1) is 21.2. The summed E-state index contributed by atoms with van der Waals surface area (Å²) in [4.78, 5) is 0. The molecule has 31 heavy (non-hydrogen) atoms. The van der Waals surface area contributed by atoms with Gasteiger partial charge in [-0.15, -0.1) is 0 Å². The predicted octanol–water partition coefficient (Wildman–Crippen LogP) is 5.95. The summed E-state index contributed by atoms with van der Waals surface area (Å²) in [5, 5.41) is 20.6. The van der Waals surface area contributed by atoms with E-state index in [0.29, 0.717) is 30.3 Å². The van der Waals surface area contributed by atoms with Crippen molar-refractivity contribution in [1.82, 2.24) is 0 Å². The van der Waals surface area contributed by atoms with Gasteiger partial charge in [0.2, 0.25) is 0 Å². The largest absolute Gasteiger partial charge is 0.508 e. The second kappa shape index (κ2) is 8.58. The van der Waals surface area contributed by atoms with Crippen LogP contribution < -0.4 is 14.2 Å². The van der Waals surface area contributed by atoms with E-state index in [-0.39, 0.29) is 23.5 Å². The Balaban J connectivity index is 1.66. The molecule has 0 aliphatic carbocycles. The third-order valence-corrected chi connectivity index (χ3v) is 6.03. The number of aromatic hydroxyl groups is 2. The van der Waals surface area contributed by atoms with Crippen molar-refractivity contribution in [3.63, 3.8) is 0 Å². The molecular weight excluding hydrogens is 392 g/mol. The molecule has 2 aliphatic rings. The van der Waals surface area contributed by atoms with E-state index in [9.17, 15) is 10.2 Å². The maximum atomic E-state index is 10.7. The van der Waals surface area contributed by atoms with Gasteiger partial charge in [0, 0.05) is 23.3 Å². The smallest absolute Gasteiger partial charge is 0.141 e. The van der Waals surface area contributed by atoms with Gasteiger partial charge >= 0.3 is 0 Å². The highest BCUT2D eigenvalue weighted by Crippen LogP contribution is 2.56. The van der Waals surface area contributed by atoms with Crippen molar-refractivity contribution in [1.29, 1.82) is 0 Å². The first-order valence-electron chi connectivity index (χ1n) is 10.7. The summed E-state index contributed by atoms with van der Waals surface area (Å²) in [6.45, 7) is 6.77. The Morgan fingerprint density at radius 1 is 1.16 bits per heavy atom. The van der Waals surface area contributed by atoms with E-state index in [0.717, 1.165) is 29.5 Å². The van der Waals surface area contributed by atoms with Crippen LogP contribution in [0, 0.1) is 0 Å². The fourth-order valence-electron chi connectivity index (χ4n) is 4.37. The average Bonchev–Trinajstić information content (AvgIpc) is 3.09. The van der Waals surface area contributed by atoms with E-state index in [1.54, 1.807) is 25.3 Å². The minimum Gasteiger partial charge on any atom is -0.508 e. The monoisotopic (exact) mass is 422 g/mol. The molecule has 0 amide bonds. The third-order valence-electron chi connectivity index (χ3n) is 6.03. The molecule has 4 rings (SSSR count). The van der Waals surface area contributed by atoms with E-state index in [2.05, 4.69) is 32.9 Å². The summed E-state index contributed by atoms with van der Waals surface area (Å²) < 4.78 is 18.0. The van der Waals surface area contributed by atoms with E-state index in [1.165, 1.54) is 11.1 Å². The van der Waals surface area contributed by atoms with Crippen LogP contribution in [-0.4, -0.2) is 23.9 Å². The maximum absolute atomic E-state index is 10.7. The zero-order valence-electron chi connectivity index (χ0n) is 18.6. The van der Waals surface area contributed by atoms with Gasteiger partial charge in [0.1, 0.15) is 34.9 Å². The number of ether oxygens (including phenoxy) is 3. The van der Waals surface area contributed by atoms with Crippen LogP contribution in [-0.2, 0) is 6.42 Å². The second-order valence-electron chi connectivity index (χ2n) is 8.57. The van der Waals surface area contributed by atoms with Crippen LogP contribution in [0.2, 0.25) is 0 Å². The normalized spacial score (nSPS) is 18.9. The van der Waals surface area contributed by atoms with Gasteiger partial charge in [0.25, 0.3) is 0 Å². The average molecular weight is 423 g/mol. The fourth-order valence-corrected chi connectivity index (χ4v) is 4.37. The van der Waals surface area contributed by atoms with Crippen LogP contribution in [0.3, 0.4) is 0 Å². The Morgan fingerprint density at radius 3 is 2.71 bits per heavy atom. The molecule has 0 spiro atoms. The van der Waals surface area contributed by atoms with Crippen molar-refractivity contribution in [2.75, 3.05) is 13.7 Å². The van der Waals surface area contributed by atoms with Crippen molar-refractivity contribution in [2.24, 2.45) is 0 Å². The van der Waals surface area contributed by atoms with Gasteiger partial charge in [-0.25, -0.2) is 0 Å². The summed E-state index contributed by atoms with van der Waals surface area (Å²) in [6.07, 6.45) is 6.68. The Bertz CT molecular complexity index is 1050. The van der Waals surface area contributed by atoms with Gasteiger partial charge in [0.15, 0.2) is 0 Å². The number of phenolic OH excluding ortho intramolecular Hbond substituents is 2. The summed E-state index contributed by atoms with van der Waals surface area (Å²) in [6, 6.07) is 6.84. The van der Waals surface area contributed by atoms with Crippen LogP contribution in [0.4, 0.5) is 0 Å². The number of hydrogen-bond acceptors (Lipinski definition) is 5. The summed E-state index contributed by atoms with van der Waals surface area (Å²) >= 11 is 0. The standard InChI is InChI=1S/C26H30O5/c1-15(2)6-5-7-16(3)8-10-19-21(28)13-23(29-4)24-25(19)30-14-20-18-11-9-17(27)12-22(18)31-26(20)24/h6,8-9,11-13,20,26-28H,5,7,10,14H2,1-4H3/b16-8+. The summed E-state index contributed by atoms with van der Waals surface area (Å²) in [5.74, 6) is 2.20. The van der Waals surface area contributed by atoms with Crippen LogP contribution in [0.15, 0.2) is 47.6 Å². The molecule has 0 bridgehead atoms. The van der Waals surface area contributed by atoms with Gasteiger partial charge in [-0.3, -0.25) is 0 Å². The molecule has 2 atom stereocenters. The summed E-state index contributed by atoms with van der Waals surface area (Å²) in [7, 11) is 1.58. The van der Waals surface area contributed by atoms with Crippen molar-refractivity contribution in [3.05, 3.63) is 64.3 Å². The Labute approximate surface area is 183 Å². The van der Waals surface area contributed by atoms with E-state index < -0.39 is 0 Å². The molecule has 2 aliphatic heterocycles. The van der Waals surface area contributed by atoms with E-state index >= 15 is 0 Å². The fraction of sp³-hybridized carbons (Fsp3) is 0.385. The lowest BCUT2D eigenvalue weighted by atomic mass is 9.87. The predicted molar refractivity (Wildman–Crippen MR) is 120 cm³/mol. The van der Waals surface area contributed by atoms with Crippen molar-refractivity contribution in [3.8, 4) is 28.7 Å². The number of fused-ring (bicyclic) bond motifs is 5. The summed E-state index contributed by atoms with van der Waals surface area (Å²) in [5.41, 5.74) is 5.18. The highest BCUT2D eigenvalue weighted by Gasteiger charge is 2.44. The van der Waals surface area contributed by atoms with Crippen LogP contribution in [0.1, 0.15) is 62.3 Å². The first-order chi connectivity index (χ1) is 14.9. The molecule has 2 heterocycles. The SMILES string of the molecule is COc1cc(O)c(C/C=C(\C)CCC=C(C)C)c2c1C1Oc3cc(O)ccc3C1CO2. The zero-order valence-corrected chi connectivity index (χ0v) is 18.6. The number of allylic oxidation sites excluding steroid dienone is 4. The Kier molecular flexibility index (Phi) is 5.86. The minimum atomic E-state index is -0.280.